The number of aliphatic hydroxyl groups excluding tert-OH is 1. The summed E-state index contributed by atoms with van der Waals surface area (Å²) >= 11 is 1.77. The summed E-state index contributed by atoms with van der Waals surface area (Å²) in [6.45, 7) is -0.104. The van der Waals surface area contributed by atoms with Crippen LogP contribution in [0.4, 0.5) is 0 Å². The lowest BCUT2D eigenvalue weighted by molar-refractivity contribution is 0.350. The number of ether oxygens (including phenoxy) is 1. The highest BCUT2D eigenvalue weighted by molar-refractivity contribution is 7.98. The number of aliphatic hydroxyl groups is 1. The maximum atomic E-state index is 8.65. The van der Waals surface area contributed by atoms with Crippen molar-refractivity contribution in [2.75, 3.05) is 13.7 Å². The topological polar surface area (TPSA) is 29.5 Å². The molecule has 2 rings (SSSR count). The third kappa shape index (κ3) is 4.34. The van der Waals surface area contributed by atoms with E-state index in [-0.39, 0.29) is 6.61 Å². The molecule has 0 aliphatic carbocycles. The van der Waals surface area contributed by atoms with E-state index in [4.69, 9.17) is 9.84 Å². The number of methoxy groups -OCH3 is 1. The second kappa shape index (κ2) is 7.64. The zero-order valence-electron chi connectivity index (χ0n) is 11.3. The van der Waals surface area contributed by atoms with Crippen LogP contribution in [0.25, 0.3) is 0 Å². The molecule has 0 aliphatic heterocycles. The Hall–Kier alpha value is -1.89. The molecule has 0 amide bonds. The van der Waals surface area contributed by atoms with Gasteiger partial charge in [-0.25, -0.2) is 0 Å². The van der Waals surface area contributed by atoms with Crippen molar-refractivity contribution in [3.8, 4) is 17.6 Å². The second-order valence-electron chi connectivity index (χ2n) is 4.12. The highest BCUT2D eigenvalue weighted by Crippen LogP contribution is 2.26. The van der Waals surface area contributed by atoms with Gasteiger partial charge in [0.15, 0.2) is 0 Å². The van der Waals surface area contributed by atoms with E-state index in [1.807, 2.05) is 30.3 Å². The van der Waals surface area contributed by atoms with E-state index in [9.17, 15) is 0 Å². The Labute approximate surface area is 123 Å². The summed E-state index contributed by atoms with van der Waals surface area (Å²) in [6.07, 6.45) is 0. The molecule has 2 aromatic rings. The molecule has 3 heteroatoms. The van der Waals surface area contributed by atoms with Crippen LogP contribution in [-0.4, -0.2) is 18.8 Å². The van der Waals surface area contributed by atoms with Crippen molar-refractivity contribution in [1.29, 1.82) is 0 Å². The zero-order chi connectivity index (χ0) is 14.2. The third-order valence-corrected chi connectivity index (χ3v) is 3.78. The molecule has 0 fully saturated rings. The summed E-state index contributed by atoms with van der Waals surface area (Å²) in [5.41, 5.74) is 2.17. The van der Waals surface area contributed by atoms with E-state index in [1.165, 1.54) is 10.5 Å². The summed E-state index contributed by atoms with van der Waals surface area (Å²) in [5, 5.41) is 8.65. The van der Waals surface area contributed by atoms with Crippen molar-refractivity contribution >= 4 is 11.8 Å². The van der Waals surface area contributed by atoms with Crippen LogP contribution < -0.4 is 4.74 Å². The van der Waals surface area contributed by atoms with Gasteiger partial charge in [-0.3, -0.25) is 0 Å². The molecule has 20 heavy (non-hydrogen) atoms. The number of hydrogen-bond acceptors (Lipinski definition) is 3. The smallest absolute Gasteiger partial charge is 0.119 e. The first-order valence-corrected chi connectivity index (χ1v) is 7.26. The lowest BCUT2D eigenvalue weighted by Crippen LogP contribution is -1.84. The van der Waals surface area contributed by atoms with Crippen LogP contribution in [0.1, 0.15) is 11.1 Å². The van der Waals surface area contributed by atoms with Crippen LogP contribution in [0.3, 0.4) is 0 Å². The van der Waals surface area contributed by atoms with E-state index >= 15 is 0 Å². The quantitative estimate of drug-likeness (QED) is 0.690. The Bertz CT molecular complexity index is 609. The number of rotatable bonds is 4. The number of hydrogen-bond donors (Lipinski definition) is 1. The van der Waals surface area contributed by atoms with Crippen molar-refractivity contribution < 1.29 is 9.84 Å². The summed E-state index contributed by atoms with van der Waals surface area (Å²) in [6, 6.07) is 16.1. The Morgan fingerprint density at radius 3 is 2.65 bits per heavy atom. The molecule has 0 radical (unpaired) electrons. The molecule has 0 heterocycles. The molecule has 2 aromatic carbocycles. The van der Waals surface area contributed by atoms with Crippen molar-refractivity contribution in [3.05, 3.63) is 59.7 Å². The standard InChI is InChI=1S/C17H16O2S/c1-19-16-5-2-6-17(12-16)20-13-15-9-7-14(8-10-15)4-3-11-18/h2,5-10,12,18H,11,13H2,1H3. The first-order chi connectivity index (χ1) is 9.81. The molecule has 0 atom stereocenters. The fraction of sp³-hybridized carbons (Fsp3) is 0.176. The van der Waals surface area contributed by atoms with Gasteiger partial charge < -0.3 is 9.84 Å². The Balaban J connectivity index is 1.96. The maximum absolute atomic E-state index is 8.65. The highest BCUT2D eigenvalue weighted by Gasteiger charge is 1.98. The molecular formula is C17H16O2S. The van der Waals surface area contributed by atoms with Gasteiger partial charge in [0.1, 0.15) is 12.4 Å². The van der Waals surface area contributed by atoms with Gasteiger partial charge in [-0.05, 0) is 35.9 Å². The van der Waals surface area contributed by atoms with E-state index in [0.29, 0.717) is 0 Å². The molecule has 1 N–H and O–H groups in total. The van der Waals surface area contributed by atoms with Gasteiger partial charge in [0, 0.05) is 16.2 Å². The largest absolute Gasteiger partial charge is 0.497 e. The van der Waals surface area contributed by atoms with Crippen LogP contribution in [0.2, 0.25) is 0 Å². The molecule has 0 aromatic heterocycles. The molecule has 0 unspecified atom stereocenters. The van der Waals surface area contributed by atoms with Gasteiger partial charge in [0.25, 0.3) is 0 Å². The van der Waals surface area contributed by atoms with Gasteiger partial charge in [-0.1, -0.05) is 30.0 Å². The molecule has 0 spiro atoms. The molecular weight excluding hydrogens is 268 g/mol. The molecule has 102 valence electrons. The molecule has 0 saturated heterocycles. The molecule has 2 nitrogen and oxygen atoms in total. The number of thioether (sulfide) groups is 1. The van der Waals surface area contributed by atoms with Crippen molar-refractivity contribution in [3.63, 3.8) is 0 Å². The first-order valence-electron chi connectivity index (χ1n) is 6.27. The van der Waals surface area contributed by atoms with Gasteiger partial charge in [0.2, 0.25) is 0 Å². The van der Waals surface area contributed by atoms with Gasteiger partial charge in [0.05, 0.1) is 7.11 Å². The lowest BCUT2D eigenvalue weighted by Gasteiger charge is -2.04. The van der Waals surface area contributed by atoms with Gasteiger partial charge in [-0.15, -0.1) is 11.8 Å². The summed E-state index contributed by atoms with van der Waals surface area (Å²) in [7, 11) is 1.68. The van der Waals surface area contributed by atoms with Crippen LogP contribution in [0.5, 0.6) is 5.75 Å². The summed E-state index contributed by atoms with van der Waals surface area (Å²) in [4.78, 5) is 1.19. The van der Waals surface area contributed by atoms with E-state index < -0.39 is 0 Å². The molecule has 0 aliphatic rings. The Morgan fingerprint density at radius 1 is 1.15 bits per heavy atom. The molecule has 0 saturated carbocycles. The SMILES string of the molecule is COc1cccc(SCc2ccc(C#CCO)cc2)c1. The maximum Gasteiger partial charge on any atom is 0.119 e. The van der Waals surface area contributed by atoms with Crippen molar-refractivity contribution in [1.82, 2.24) is 0 Å². The van der Waals surface area contributed by atoms with E-state index in [2.05, 4.69) is 30.0 Å². The normalized spacial score (nSPS) is 9.70. The zero-order valence-corrected chi connectivity index (χ0v) is 12.1. The van der Waals surface area contributed by atoms with Gasteiger partial charge >= 0.3 is 0 Å². The predicted octanol–water partition coefficient (Wildman–Crippen LogP) is 3.33. The van der Waals surface area contributed by atoms with Crippen LogP contribution in [0.15, 0.2) is 53.4 Å². The van der Waals surface area contributed by atoms with Crippen LogP contribution >= 0.6 is 11.8 Å². The second-order valence-corrected chi connectivity index (χ2v) is 5.17. The average Bonchev–Trinajstić information content (AvgIpc) is 2.52. The first kappa shape index (κ1) is 14.5. The summed E-state index contributed by atoms with van der Waals surface area (Å²) in [5.74, 6) is 7.31. The average molecular weight is 284 g/mol. The van der Waals surface area contributed by atoms with Crippen LogP contribution in [0, 0.1) is 11.8 Å². The monoisotopic (exact) mass is 284 g/mol. The van der Waals surface area contributed by atoms with E-state index in [0.717, 1.165) is 17.1 Å². The lowest BCUT2D eigenvalue weighted by atomic mass is 10.1. The minimum atomic E-state index is -0.104. The van der Waals surface area contributed by atoms with Crippen molar-refractivity contribution in [2.24, 2.45) is 0 Å². The fourth-order valence-electron chi connectivity index (χ4n) is 1.68. The predicted molar refractivity (Wildman–Crippen MR) is 83.0 cm³/mol. The van der Waals surface area contributed by atoms with Crippen molar-refractivity contribution in [2.45, 2.75) is 10.6 Å². The fourth-order valence-corrected chi connectivity index (χ4v) is 2.58. The van der Waals surface area contributed by atoms with E-state index in [1.54, 1.807) is 18.9 Å². The minimum absolute atomic E-state index is 0.104. The van der Waals surface area contributed by atoms with Gasteiger partial charge in [-0.2, -0.15) is 0 Å². The number of benzene rings is 2. The Morgan fingerprint density at radius 2 is 1.95 bits per heavy atom. The third-order valence-electron chi connectivity index (χ3n) is 2.71. The summed E-state index contributed by atoms with van der Waals surface area (Å²) < 4.78 is 5.21. The minimum Gasteiger partial charge on any atom is -0.497 e. The molecule has 0 bridgehead atoms. The van der Waals surface area contributed by atoms with Crippen LogP contribution in [-0.2, 0) is 5.75 Å². The highest BCUT2D eigenvalue weighted by atomic mass is 32.2. The Kier molecular flexibility index (Phi) is 5.55.